The van der Waals surface area contributed by atoms with E-state index in [9.17, 15) is 9.90 Å². The third-order valence-corrected chi connectivity index (χ3v) is 6.92. The molecule has 0 bridgehead atoms. The van der Waals surface area contributed by atoms with Crippen LogP contribution in [0.4, 0.5) is 0 Å². The van der Waals surface area contributed by atoms with Gasteiger partial charge in [0.15, 0.2) is 0 Å². The lowest BCUT2D eigenvalue weighted by molar-refractivity contribution is -0.136. The highest BCUT2D eigenvalue weighted by Gasteiger charge is 2.41. The van der Waals surface area contributed by atoms with Gasteiger partial charge in [0.2, 0.25) is 0 Å². The van der Waals surface area contributed by atoms with Crippen molar-refractivity contribution in [3.8, 4) is 5.75 Å². The topological polar surface area (TPSA) is 46.5 Å². The van der Waals surface area contributed by atoms with Gasteiger partial charge in [-0.25, -0.2) is 0 Å². The van der Waals surface area contributed by atoms with Crippen LogP contribution < -0.4 is 4.74 Å². The molecular formula is C33H28O3. The molecule has 3 nitrogen and oxygen atoms in total. The Morgan fingerprint density at radius 2 is 1.19 bits per heavy atom. The molecule has 0 aliphatic carbocycles. The second-order valence-corrected chi connectivity index (χ2v) is 8.90. The SMILES string of the molecule is COc1c(C(c2ccccc2)(c2ccccc2)c2ccccc2)cc2ccccc2c1CCC(=O)O. The molecule has 0 aliphatic heterocycles. The molecule has 0 heterocycles. The minimum Gasteiger partial charge on any atom is -0.496 e. The van der Waals surface area contributed by atoms with Gasteiger partial charge in [-0.2, -0.15) is 0 Å². The molecule has 0 atom stereocenters. The molecule has 5 rings (SSSR count). The highest BCUT2D eigenvalue weighted by Crippen LogP contribution is 2.50. The third-order valence-electron chi connectivity index (χ3n) is 6.92. The van der Waals surface area contributed by atoms with E-state index in [-0.39, 0.29) is 6.42 Å². The quantitative estimate of drug-likeness (QED) is 0.242. The maximum absolute atomic E-state index is 11.6. The van der Waals surface area contributed by atoms with Gasteiger partial charge in [-0.1, -0.05) is 115 Å². The van der Waals surface area contributed by atoms with Crippen LogP contribution in [0, 0.1) is 0 Å². The Bertz CT molecular complexity index is 1380. The summed E-state index contributed by atoms with van der Waals surface area (Å²) in [6, 6.07) is 41.8. The van der Waals surface area contributed by atoms with Gasteiger partial charge in [-0.15, -0.1) is 0 Å². The Morgan fingerprint density at radius 3 is 1.67 bits per heavy atom. The fraction of sp³-hybridized carbons (Fsp3) is 0.121. The highest BCUT2D eigenvalue weighted by atomic mass is 16.5. The number of benzene rings is 5. The summed E-state index contributed by atoms with van der Waals surface area (Å²) in [5.74, 6) is -0.0986. The van der Waals surface area contributed by atoms with Gasteiger partial charge >= 0.3 is 5.97 Å². The lowest BCUT2D eigenvalue weighted by atomic mass is 9.64. The van der Waals surface area contributed by atoms with Crippen molar-refractivity contribution in [1.82, 2.24) is 0 Å². The van der Waals surface area contributed by atoms with Crippen LogP contribution in [0.2, 0.25) is 0 Å². The number of hydrogen-bond donors (Lipinski definition) is 1. The summed E-state index contributed by atoms with van der Waals surface area (Å²) in [7, 11) is 1.68. The van der Waals surface area contributed by atoms with Crippen molar-refractivity contribution in [1.29, 1.82) is 0 Å². The molecule has 5 aromatic carbocycles. The summed E-state index contributed by atoms with van der Waals surface area (Å²) in [5.41, 5.74) is 4.56. The number of carboxylic acids is 1. The van der Waals surface area contributed by atoms with Crippen LogP contribution in [0.3, 0.4) is 0 Å². The molecule has 0 aromatic heterocycles. The van der Waals surface area contributed by atoms with Crippen molar-refractivity contribution in [3.05, 3.63) is 149 Å². The third kappa shape index (κ3) is 4.03. The average molecular weight is 473 g/mol. The van der Waals surface area contributed by atoms with Crippen LogP contribution >= 0.6 is 0 Å². The van der Waals surface area contributed by atoms with Crippen molar-refractivity contribution in [2.24, 2.45) is 0 Å². The van der Waals surface area contributed by atoms with Crippen LogP contribution in [-0.2, 0) is 16.6 Å². The fourth-order valence-electron chi connectivity index (χ4n) is 5.43. The van der Waals surface area contributed by atoms with Crippen LogP contribution in [0.5, 0.6) is 5.75 Å². The van der Waals surface area contributed by atoms with Gasteiger partial charge in [-0.3, -0.25) is 4.79 Å². The smallest absolute Gasteiger partial charge is 0.303 e. The van der Waals surface area contributed by atoms with Crippen LogP contribution in [0.15, 0.2) is 121 Å². The largest absolute Gasteiger partial charge is 0.496 e. The van der Waals surface area contributed by atoms with Crippen LogP contribution in [-0.4, -0.2) is 18.2 Å². The first-order valence-electron chi connectivity index (χ1n) is 12.1. The number of carbonyl (C=O) groups is 1. The van der Waals surface area contributed by atoms with Gasteiger partial charge in [0.25, 0.3) is 0 Å². The van der Waals surface area contributed by atoms with Gasteiger partial charge < -0.3 is 9.84 Å². The van der Waals surface area contributed by atoms with Gasteiger partial charge in [0, 0.05) is 17.5 Å². The average Bonchev–Trinajstić information content (AvgIpc) is 2.93. The van der Waals surface area contributed by atoms with Gasteiger partial charge in [-0.05, 0) is 39.9 Å². The molecule has 0 saturated heterocycles. The number of carboxylic acid groups (broad SMARTS) is 1. The predicted octanol–water partition coefficient (Wildman–Crippen LogP) is 7.25. The molecule has 0 saturated carbocycles. The minimum absolute atomic E-state index is 0.0266. The predicted molar refractivity (Wildman–Crippen MR) is 145 cm³/mol. The molecule has 0 aliphatic rings. The number of ether oxygens (including phenoxy) is 1. The summed E-state index contributed by atoms with van der Waals surface area (Å²) >= 11 is 0. The van der Waals surface area contributed by atoms with E-state index in [1.54, 1.807) is 7.11 Å². The Hall–Kier alpha value is -4.37. The van der Waals surface area contributed by atoms with E-state index >= 15 is 0 Å². The molecule has 0 radical (unpaired) electrons. The first kappa shape index (κ1) is 23.4. The monoisotopic (exact) mass is 472 g/mol. The Morgan fingerprint density at radius 1 is 0.722 bits per heavy atom. The zero-order valence-electron chi connectivity index (χ0n) is 20.2. The zero-order valence-corrected chi connectivity index (χ0v) is 20.2. The molecule has 0 spiro atoms. The summed E-state index contributed by atoms with van der Waals surface area (Å²) < 4.78 is 6.19. The van der Waals surface area contributed by atoms with E-state index in [0.29, 0.717) is 6.42 Å². The van der Waals surface area contributed by atoms with E-state index in [0.717, 1.165) is 44.3 Å². The Kier molecular flexibility index (Phi) is 6.55. The van der Waals surface area contributed by atoms with E-state index in [4.69, 9.17) is 4.74 Å². The fourth-order valence-corrected chi connectivity index (χ4v) is 5.43. The molecule has 0 fully saturated rings. The van der Waals surface area contributed by atoms with Crippen LogP contribution in [0.25, 0.3) is 10.8 Å². The number of rotatable bonds is 8. The van der Waals surface area contributed by atoms with Crippen molar-refractivity contribution in [2.45, 2.75) is 18.3 Å². The van der Waals surface area contributed by atoms with E-state index in [1.165, 1.54) is 0 Å². The van der Waals surface area contributed by atoms with Crippen LogP contribution in [0.1, 0.15) is 34.2 Å². The summed E-state index contributed by atoms with van der Waals surface area (Å²) in [6.45, 7) is 0. The van der Waals surface area contributed by atoms with Gasteiger partial charge in [0.05, 0.1) is 12.5 Å². The standard InChI is InChI=1S/C33H28O3/c1-36-32-29(21-22-31(34)35)28-20-12-11-13-24(28)23-30(32)33(25-14-5-2-6-15-25,26-16-7-3-8-17-26)27-18-9-4-10-19-27/h2-20,23H,21-22H2,1H3,(H,34,35). The second kappa shape index (κ2) is 10.1. The van der Waals surface area contributed by atoms with E-state index in [2.05, 4.69) is 84.9 Å². The molecule has 0 unspecified atom stereocenters. The molecule has 1 N–H and O–H groups in total. The lowest BCUT2D eigenvalue weighted by Gasteiger charge is -2.38. The highest BCUT2D eigenvalue weighted by molar-refractivity contribution is 5.91. The number of methoxy groups -OCH3 is 1. The maximum Gasteiger partial charge on any atom is 0.303 e. The van der Waals surface area contributed by atoms with Crippen molar-refractivity contribution >= 4 is 16.7 Å². The minimum atomic E-state index is -0.827. The van der Waals surface area contributed by atoms with E-state index < -0.39 is 11.4 Å². The number of fused-ring (bicyclic) bond motifs is 1. The number of aryl methyl sites for hydroxylation is 1. The Balaban J connectivity index is 1.97. The van der Waals surface area contributed by atoms with Gasteiger partial charge in [0.1, 0.15) is 5.75 Å². The molecular weight excluding hydrogens is 444 g/mol. The van der Waals surface area contributed by atoms with Crippen molar-refractivity contribution in [2.75, 3.05) is 7.11 Å². The van der Waals surface area contributed by atoms with E-state index in [1.807, 2.05) is 36.4 Å². The number of hydrogen-bond acceptors (Lipinski definition) is 2. The summed E-state index contributed by atoms with van der Waals surface area (Å²) in [6.07, 6.45) is 0.403. The molecule has 178 valence electrons. The molecule has 3 heteroatoms. The summed E-state index contributed by atoms with van der Waals surface area (Å²) in [4.78, 5) is 11.6. The molecule has 5 aromatic rings. The Labute approximate surface area is 211 Å². The molecule has 36 heavy (non-hydrogen) atoms. The first-order chi connectivity index (χ1) is 17.7. The van der Waals surface area contributed by atoms with Crippen molar-refractivity contribution < 1.29 is 14.6 Å². The normalized spacial score (nSPS) is 11.4. The number of aliphatic carboxylic acids is 1. The first-order valence-corrected chi connectivity index (χ1v) is 12.1. The summed E-state index contributed by atoms with van der Waals surface area (Å²) in [5, 5.41) is 11.6. The zero-order chi connectivity index (χ0) is 25.0. The second-order valence-electron chi connectivity index (χ2n) is 8.90. The maximum atomic E-state index is 11.6. The molecule has 0 amide bonds. The lowest BCUT2D eigenvalue weighted by Crippen LogP contribution is -2.32. The van der Waals surface area contributed by atoms with Crippen molar-refractivity contribution in [3.63, 3.8) is 0 Å².